The van der Waals surface area contributed by atoms with E-state index in [0.717, 1.165) is 36.1 Å². The Labute approximate surface area is 160 Å². The van der Waals surface area contributed by atoms with Gasteiger partial charge in [0.25, 0.3) is 0 Å². The van der Waals surface area contributed by atoms with Crippen LogP contribution in [0.3, 0.4) is 0 Å². The van der Waals surface area contributed by atoms with Gasteiger partial charge in [-0.2, -0.15) is 0 Å². The lowest BCUT2D eigenvalue weighted by atomic mass is 9.86. The second kappa shape index (κ2) is 7.73. The molecule has 1 aliphatic carbocycles. The fraction of sp³-hybridized carbons (Fsp3) is 0.435. The van der Waals surface area contributed by atoms with Crippen LogP contribution in [0.15, 0.2) is 48.5 Å². The summed E-state index contributed by atoms with van der Waals surface area (Å²) in [5.74, 6) is 1.38. The molecule has 4 nitrogen and oxygen atoms in total. The molecule has 1 amide bonds. The zero-order valence-electron chi connectivity index (χ0n) is 16.0. The Bertz CT molecular complexity index is 802. The quantitative estimate of drug-likeness (QED) is 0.868. The molecule has 0 bridgehead atoms. The van der Waals surface area contributed by atoms with Gasteiger partial charge in [-0.05, 0) is 36.5 Å². The highest BCUT2D eigenvalue weighted by molar-refractivity contribution is 5.73. The SMILES string of the molecule is COc1ccccc1-c1ccc([C@H]2C[C@@H](NC(C)=O)[C@@H]3CCC[C@H]3O2)cc1. The van der Waals surface area contributed by atoms with Gasteiger partial charge in [0.2, 0.25) is 5.91 Å². The molecule has 2 aromatic carbocycles. The Morgan fingerprint density at radius 3 is 2.63 bits per heavy atom. The molecule has 2 fully saturated rings. The van der Waals surface area contributed by atoms with E-state index in [1.54, 1.807) is 14.0 Å². The van der Waals surface area contributed by atoms with Crippen molar-refractivity contribution in [1.29, 1.82) is 0 Å². The van der Waals surface area contributed by atoms with Gasteiger partial charge in [-0.25, -0.2) is 0 Å². The van der Waals surface area contributed by atoms with E-state index in [4.69, 9.17) is 9.47 Å². The number of hydrogen-bond donors (Lipinski definition) is 1. The van der Waals surface area contributed by atoms with Crippen molar-refractivity contribution in [3.8, 4) is 16.9 Å². The summed E-state index contributed by atoms with van der Waals surface area (Å²) in [7, 11) is 1.70. The van der Waals surface area contributed by atoms with Crippen LogP contribution in [-0.4, -0.2) is 25.2 Å². The minimum absolute atomic E-state index is 0.0351. The number of para-hydroxylation sites is 1. The van der Waals surface area contributed by atoms with E-state index < -0.39 is 0 Å². The first-order valence-electron chi connectivity index (χ1n) is 9.81. The molecule has 1 saturated heterocycles. The summed E-state index contributed by atoms with van der Waals surface area (Å²) in [6, 6.07) is 16.8. The topological polar surface area (TPSA) is 47.6 Å². The maximum Gasteiger partial charge on any atom is 0.217 e. The van der Waals surface area contributed by atoms with Crippen LogP contribution >= 0.6 is 0 Å². The van der Waals surface area contributed by atoms with Crippen molar-refractivity contribution in [2.24, 2.45) is 5.92 Å². The maximum absolute atomic E-state index is 11.6. The van der Waals surface area contributed by atoms with Crippen molar-refractivity contribution in [2.75, 3.05) is 7.11 Å². The second-order valence-electron chi connectivity index (χ2n) is 7.62. The molecule has 4 rings (SSSR count). The summed E-state index contributed by atoms with van der Waals surface area (Å²) in [5, 5.41) is 3.17. The third-order valence-electron chi connectivity index (χ3n) is 5.92. The van der Waals surface area contributed by atoms with Gasteiger partial charge in [-0.15, -0.1) is 0 Å². The van der Waals surface area contributed by atoms with Gasteiger partial charge in [0.05, 0.1) is 19.3 Å². The number of fused-ring (bicyclic) bond motifs is 1. The average Bonchev–Trinajstić information content (AvgIpc) is 3.17. The normalized spacial score (nSPS) is 27.0. The van der Waals surface area contributed by atoms with E-state index in [0.29, 0.717) is 5.92 Å². The zero-order valence-corrected chi connectivity index (χ0v) is 16.0. The molecule has 0 unspecified atom stereocenters. The highest BCUT2D eigenvalue weighted by atomic mass is 16.5. The highest BCUT2D eigenvalue weighted by Gasteiger charge is 2.42. The van der Waals surface area contributed by atoms with Crippen LogP contribution < -0.4 is 10.1 Å². The van der Waals surface area contributed by atoms with Crippen molar-refractivity contribution in [1.82, 2.24) is 5.32 Å². The molecule has 2 aliphatic rings. The maximum atomic E-state index is 11.6. The molecule has 0 aromatic heterocycles. The Morgan fingerprint density at radius 2 is 1.89 bits per heavy atom. The molecule has 1 aliphatic heterocycles. The standard InChI is InChI=1S/C23H27NO3/c1-15(25)24-20-14-23(27-22-9-5-7-19(20)22)17-12-10-16(11-13-17)18-6-3-4-8-21(18)26-2/h3-4,6,8,10-13,19-20,22-23H,5,7,9,14H2,1-2H3,(H,24,25)/t19-,20+,22+,23+/m0/s1. The van der Waals surface area contributed by atoms with Crippen molar-refractivity contribution in [2.45, 2.75) is 50.9 Å². The lowest BCUT2D eigenvalue weighted by Crippen LogP contribution is -2.47. The number of amides is 1. The summed E-state index contributed by atoms with van der Waals surface area (Å²) in [6.45, 7) is 1.61. The molecule has 0 spiro atoms. The average molecular weight is 365 g/mol. The summed E-state index contributed by atoms with van der Waals surface area (Å²) < 4.78 is 11.9. The number of rotatable bonds is 4. The van der Waals surface area contributed by atoms with E-state index in [1.807, 2.05) is 18.2 Å². The Morgan fingerprint density at radius 1 is 1.11 bits per heavy atom. The monoisotopic (exact) mass is 365 g/mol. The van der Waals surface area contributed by atoms with Crippen molar-refractivity contribution < 1.29 is 14.3 Å². The van der Waals surface area contributed by atoms with Crippen molar-refractivity contribution in [3.05, 3.63) is 54.1 Å². The Hall–Kier alpha value is -2.33. The Balaban J connectivity index is 1.55. The number of nitrogens with one attached hydrogen (secondary N) is 1. The van der Waals surface area contributed by atoms with Crippen LogP contribution in [0.4, 0.5) is 0 Å². The summed E-state index contributed by atoms with van der Waals surface area (Å²) in [4.78, 5) is 11.6. The molecule has 1 N–H and O–H groups in total. The lowest BCUT2D eigenvalue weighted by Gasteiger charge is -2.39. The molecule has 2 aromatic rings. The van der Waals surface area contributed by atoms with Gasteiger partial charge in [0.15, 0.2) is 0 Å². The number of benzene rings is 2. The van der Waals surface area contributed by atoms with Crippen LogP contribution in [0.5, 0.6) is 5.75 Å². The van der Waals surface area contributed by atoms with Gasteiger partial charge in [-0.1, -0.05) is 48.9 Å². The van der Waals surface area contributed by atoms with Crippen LogP contribution in [-0.2, 0) is 9.53 Å². The summed E-state index contributed by atoms with van der Waals surface area (Å²) >= 11 is 0. The molecule has 1 saturated carbocycles. The summed E-state index contributed by atoms with van der Waals surface area (Å²) in [5.41, 5.74) is 3.39. The van der Waals surface area contributed by atoms with Crippen LogP contribution in [0.2, 0.25) is 0 Å². The van der Waals surface area contributed by atoms with Crippen LogP contribution in [0.25, 0.3) is 11.1 Å². The number of hydrogen-bond acceptors (Lipinski definition) is 3. The minimum atomic E-state index is 0.0351. The number of methoxy groups -OCH3 is 1. The van der Waals surface area contributed by atoms with E-state index >= 15 is 0 Å². The molecular formula is C23H27NO3. The molecule has 1 heterocycles. The molecule has 27 heavy (non-hydrogen) atoms. The first kappa shape index (κ1) is 18.1. The van der Waals surface area contributed by atoms with E-state index in [-0.39, 0.29) is 24.2 Å². The predicted molar refractivity (Wildman–Crippen MR) is 106 cm³/mol. The molecule has 4 heteroatoms. The summed E-state index contributed by atoms with van der Waals surface area (Å²) in [6.07, 6.45) is 4.56. The van der Waals surface area contributed by atoms with Gasteiger partial charge in [0.1, 0.15) is 5.75 Å². The van der Waals surface area contributed by atoms with E-state index in [9.17, 15) is 4.79 Å². The van der Waals surface area contributed by atoms with Crippen molar-refractivity contribution >= 4 is 5.91 Å². The second-order valence-corrected chi connectivity index (χ2v) is 7.62. The largest absolute Gasteiger partial charge is 0.496 e. The van der Waals surface area contributed by atoms with E-state index in [2.05, 4.69) is 35.6 Å². The first-order chi connectivity index (χ1) is 13.2. The Kier molecular flexibility index (Phi) is 5.17. The highest BCUT2D eigenvalue weighted by Crippen LogP contribution is 2.43. The molecule has 0 radical (unpaired) electrons. The fourth-order valence-corrected chi connectivity index (χ4v) is 4.66. The predicted octanol–water partition coefficient (Wildman–Crippen LogP) is 4.50. The van der Waals surface area contributed by atoms with Gasteiger partial charge in [0, 0.05) is 24.4 Å². The number of carbonyl (C=O) groups excluding carboxylic acids is 1. The van der Waals surface area contributed by atoms with Crippen LogP contribution in [0.1, 0.15) is 44.3 Å². The fourth-order valence-electron chi connectivity index (χ4n) is 4.66. The van der Waals surface area contributed by atoms with Gasteiger partial charge < -0.3 is 14.8 Å². The smallest absolute Gasteiger partial charge is 0.217 e. The molecular weight excluding hydrogens is 338 g/mol. The third-order valence-corrected chi connectivity index (χ3v) is 5.92. The first-order valence-corrected chi connectivity index (χ1v) is 9.81. The third kappa shape index (κ3) is 3.72. The van der Waals surface area contributed by atoms with Crippen LogP contribution in [0, 0.1) is 5.92 Å². The zero-order chi connectivity index (χ0) is 18.8. The van der Waals surface area contributed by atoms with Gasteiger partial charge >= 0.3 is 0 Å². The molecule has 142 valence electrons. The minimum Gasteiger partial charge on any atom is -0.496 e. The lowest BCUT2D eigenvalue weighted by molar-refractivity contribution is -0.124. The van der Waals surface area contributed by atoms with Crippen molar-refractivity contribution in [3.63, 3.8) is 0 Å². The number of carbonyl (C=O) groups is 1. The van der Waals surface area contributed by atoms with Gasteiger partial charge in [-0.3, -0.25) is 4.79 Å². The molecule has 4 atom stereocenters. The van der Waals surface area contributed by atoms with E-state index in [1.165, 1.54) is 12.0 Å². The number of ether oxygens (including phenoxy) is 2.